The molecule has 0 aliphatic carbocycles. The second-order valence-corrected chi connectivity index (χ2v) is 4.27. The first-order valence-corrected chi connectivity index (χ1v) is 5.08. The van der Waals surface area contributed by atoms with E-state index in [0.29, 0.717) is 16.7 Å². The van der Waals surface area contributed by atoms with Gasteiger partial charge in [-0.1, -0.05) is 29.0 Å². The van der Waals surface area contributed by atoms with Crippen LogP contribution in [0.3, 0.4) is 0 Å². The Morgan fingerprint density at radius 1 is 1.31 bits per heavy atom. The van der Waals surface area contributed by atoms with Crippen LogP contribution in [0, 0.1) is 0 Å². The van der Waals surface area contributed by atoms with Gasteiger partial charge in [0, 0.05) is 5.56 Å². The zero-order valence-electron chi connectivity index (χ0n) is 6.54. The highest BCUT2D eigenvalue weighted by molar-refractivity contribution is 8.23. The summed E-state index contributed by atoms with van der Waals surface area (Å²) in [6.45, 7) is 0. The summed E-state index contributed by atoms with van der Waals surface area (Å²) in [4.78, 5) is 10.8. The van der Waals surface area contributed by atoms with Crippen molar-refractivity contribution >= 4 is 22.8 Å². The molecule has 0 fully saturated rings. The van der Waals surface area contributed by atoms with Crippen molar-refractivity contribution in [3.63, 3.8) is 0 Å². The first kappa shape index (κ1) is 8.43. The van der Waals surface area contributed by atoms with E-state index in [4.69, 9.17) is 0 Å². The van der Waals surface area contributed by atoms with Gasteiger partial charge in [0.2, 0.25) is 0 Å². The highest BCUT2D eigenvalue weighted by Crippen LogP contribution is 2.55. The molecule has 1 aliphatic heterocycles. The van der Waals surface area contributed by atoms with E-state index in [1.165, 1.54) is 0 Å². The number of hydrogen-bond acceptors (Lipinski definition) is 4. The smallest absolute Gasteiger partial charge is 0.170 e. The Morgan fingerprint density at radius 2 is 2.00 bits per heavy atom. The maximum Gasteiger partial charge on any atom is 0.170 e. The Morgan fingerprint density at radius 3 is 2.69 bits per heavy atom. The van der Waals surface area contributed by atoms with Gasteiger partial charge in [-0.25, -0.2) is 0 Å². The van der Waals surface area contributed by atoms with Gasteiger partial charge < -0.3 is 0 Å². The minimum Gasteiger partial charge on any atom is -0.296 e. The molecule has 0 aromatic heterocycles. The SMILES string of the molecule is O=CC1=NS(O)(O)c2ccccc21. The molecule has 2 N–H and O–H groups in total. The lowest BCUT2D eigenvalue weighted by atomic mass is 10.1. The van der Waals surface area contributed by atoms with E-state index >= 15 is 0 Å². The van der Waals surface area contributed by atoms with Crippen molar-refractivity contribution in [3.8, 4) is 0 Å². The molecule has 68 valence electrons. The van der Waals surface area contributed by atoms with Gasteiger partial charge in [0.1, 0.15) is 5.71 Å². The van der Waals surface area contributed by atoms with E-state index in [2.05, 4.69) is 4.40 Å². The molecule has 1 aromatic carbocycles. The number of benzene rings is 1. The molecular formula is C8H7NO3S. The van der Waals surface area contributed by atoms with Gasteiger partial charge in [0.05, 0.1) is 4.90 Å². The molecule has 5 heteroatoms. The summed E-state index contributed by atoms with van der Waals surface area (Å²) >= 11 is 0. The first-order valence-electron chi connectivity index (χ1n) is 3.58. The fourth-order valence-corrected chi connectivity index (χ4v) is 2.48. The maximum absolute atomic E-state index is 10.5. The monoisotopic (exact) mass is 197 g/mol. The van der Waals surface area contributed by atoms with Gasteiger partial charge in [-0.2, -0.15) is 4.40 Å². The molecule has 0 bridgehead atoms. The average Bonchev–Trinajstić information content (AvgIpc) is 2.39. The Kier molecular flexibility index (Phi) is 1.73. The second kappa shape index (κ2) is 2.66. The van der Waals surface area contributed by atoms with Crippen LogP contribution in [0.2, 0.25) is 0 Å². The van der Waals surface area contributed by atoms with Crippen LogP contribution in [0.25, 0.3) is 0 Å². The van der Waals surface area contributed by atoms with Crippen LogP contribution in [-0.4, -0.2) is 21.1 Å². The molecule has 0 amide bonds. The Labute approximate surface area is 76.4 Å². The zero-order chi connectivity index (χ0) is 9.47. The summed E-state index contributed by atoms with van der Waals surface area (Å²) in [5.74, 6) is 0. The summed E-state index contributed by atoms with van der Waals surface area (Å²) in [7, 11) is -3.11. The minimum atomic E-state index is -3.11. The average molecular weight is 197 g/mol. The number of nitrogens with zero attached hydrogens (tertiary/aromatic N) is 1. The molecule has 0 spiro atoms. The molecule has 0 unspecified atom stereocenters. The molecule has 0 atom stereocenters. The van der Waals surface area contributed by atoms with E-state index in [-0.39, 0.29) is 5.71 Å². The van der Waals surface area contributed by atoms with E-state index in [0.717, 1.165) is 0 Å². The molecule has 1 heterocycles. The third-order valence-electron chi connectivity index (χ3n) is 1.80. The van der Waals surface area contributed by atoms with Gasteiger partial charge in [-0.3, -0.25) is 13.9 Å². The van der Waals surface area contributed by atoms with E-state index in [9.17, 15) is 13.9 Å². The summed E-state index contributed by atoms with van der Waals surface area (Å²) in [6.07, 6.45) is 0.528. The van der Waals surface area contributed by atoms with Crippen molar-refractivity contribution in [3.05, 3.63) is 29.8 Å². The lowest BCUT2D eigenvalue weighted by Gasteiger charge is -2.22. The zero-order valence-corrected chi connectivity index (χ0v) is 7.36. The van der Waals surface area contributed by atoms with Crippen LogP contribution in [0.1, 0.15) is 5.56 Å². The van der Waals surface area contributed by atoms with Crippen molar-refractivity contribution in [2.45, 2.75) is 4.90 Å². The van der Waals surface area contributed by atoms with Gasteiger partial charge in [0.25, 0.3) is 0 Å². The van der Waals surface area contributed by atoms with Crippen LogP contribution in [-0.2, 0) is 4.79 Å². The third-order valence-corrected chi connectivity index (χ3v) is 3.19. The normalized spacial score (nSPS) is 20.3. The fraction of sp³-hybridized carbons (Fsp3) is 0. The van der Waals surface area contributed by atoms with Crippen LogP contribution in [0.15, 0.2) is 33.6 Å². The van der Waals surface area contributed by atoms with Crippen molar-refractivity contribution in [2.75, 3.05) is 0 Å². The molecule has 0 saturated carbocycles. The predicted molar refractivity (Wildman–Crippen MR) is 50.2 cm³/mol. The van der Waals surface area contributed by atoms with Crippen molar-refractivity contribution in [2.24, 2.45) is 4.40 Å². The molecule has 1 aliphatic rings. The second-order valence-electron chi connectivity index (χ2n) is 2.61. The highest BCUT2D eigenvalue weighted by Gasteiger charge is 2.28. The summed E-state index contributed by atoms with van der Waals surface area (Å²) in [5.41, 5.74) is 0.619. The van der Waals surface area contributed by atoms with Gasteiger partial charge >= 0.3 is 0 Å². The Bertz CT molecular complexity index is 400. The lowest BCUT2D eigenvalue weighted by molar-refractivity contribution is -0.102. The third kappa shape index (κ3) is 1.17. The molecule has 2 rings (SSSR count). The fourth-order valence-electron chi connectivity index (χ4n) is 1.24. The molecule has 4 nitrogen and oxygen atoms in total. The van der Waals surface area contributed by atoms with Crippen LogP contribution < -0.4 is 0 Å². The number of carbonyl (C=O) groups excluding carboxylic acids is 1. The van der Waals surface area contributed by atoms with Gasteiger partial charge in [-0.15, -0.1) is 0 Å². The standard InChI is InChI=1S/C8H7NO3S/c10-5-7-6-3-1-2-4-8(6)13(11,12)9-7/h1-5,11-12H. The van der Waals surface area contributed by atoms with E-state index < -0.39 is 10.8 Å². The predicted octanol–water partition coefficient (Wildman–Crippen LogP) is 1.71. The van der Waals surface area contributed by atoms with Crippen molar-refractivity contribution in [1.29, 1.82) is 0 Å². The summed E-state index contributed by atoms with van der Waals surface area (Å²) in [5, 5.41) is 0. The number of fused-ring (bicyclic) bond motifs is 1. The largest absolute Gasteiger partial charge is 0.296 e. The van der Waals surface area contributed by atoms with Crippen LogP contribution in [0.4, 0.5) is 0 Å². The number of rotatable bonds is 1. The van der Waals surface area contributed by atoms with Crippen molar-refractivity contribution < 1.29 is 13.9 Å². The topological polar surface area (TPSA) is 69.9 Å². The van der Waals surface area contributed by atoms with E-state index in [1.54, 1.807) is 24.3 Å². The number of aldehydes is 1. The molecule has 0 radical (unpaired) electrons. The van der Waals surface area contributed by atoms with Gasteiger partial charge in [0.15, 0.2) is 6.29 Å². The molecule has 13 heavy (non-hydrogen) atoms. The Balaban J connectivity index is 2.67. The maximum atomic E-state index is 10.5. The van der Waals surface area contributed by atoms with E-state index in [1.807, 2.05) is 0 Å². The molecular weight excluding hydrogens is 190 g/mol. The summed E-state index contributed by atoms with van der Waals surface area (Å²) < 4.78 is 22.4. The highest BCUT2D eigenvalue weighted by atomic mass is 32.3. The van der Waals surface area contributed by atoms with Crippen molar-refractivity contribution in [1.82, 2.24) is 0 Å². The first-order chi connectivity index (χ1) is 6.15. The van der Waals surface area contributed by atoms with Crippen LogP contribution in [0.5, 0.6) is 0 Å². The molecule has 1 aromatic rings. The lowest BCUT2D eigenvalue weighted by Crippen LogP contribution is -1.97. The van der Waals surface area contributed by atoms with Gasteiger partial charge in [-0.05, 0) is 6.07 Å². The van der Waals surface area contributed by atoms with Crippen LogP contribution >= 0.6 is 10.8 Å². The Hall–Kier alpha value is -1.17. The number of hydrogen-bond donors (Lipinski definition) is 2. The minimum absolute atomic E-state index is 0.107. The molecule has 0 saturated heterocycles. The quantitative estimate of drug-likeness (QED) is 0.673. The summed E-state index contributed by atoms with van der Waals surface area (Å²) in [6, 6.07) is 6.60. The number of carbonyl (C=O) groups is 1.